The van der Waals surface area contributed by atoms with Gasteiger partial charge in [0.25, 0.3) is 0 Å². The van der Waals surface area contributed by atoms with Crippen molar-refractivity contribution in [3.05, 3.63) is 98.1 Å². The number of nitrogens with zero attached hydrogens (tertiary/aromatic N) is 2. The van der Waals surface area contributed by atoms with Crippen molar-refractivity contribution >= 4 is 11.3 Å². The van der Waals surface area contributed by atoms with Gasteiger partial charge < -0.3 is 4.90 Å². The Morgan fingerprint density at radius 2 is 1.65 bits per heavy atom. The van der Waals surface area contributed by atoms with Gasteiger partial charge in [-0.15, -0.1) is 0 Å². The Labute approximate surface area is 185 Å². The van der Waals surface area contributed by atoms with Crippen LogP contribution in [-0.2, 0) is 19.3 Å². The van der Waals surface area contributed by atoms with Crippen molar-refractivity contribution < 1.29 is 0 Å². The predicted octanol–water partition coefficient (Wildman–Crippen LogP) is 3.60. The van der Waals surface area contributed by atoms with Gasteiger partial charge in [-0.1, -0.05) is 30.3 Å². The van der Waals surface area contributed by atoms with Gasteiger partial charge in [0.1, 0.15) is 13.6 Å². The van der Waals surface area contributed by atoms with E-state index in [4.69, 9.17) is 0 Å². The topological polar surface area (TPSA) is 6.25 Å². The molecule has 3 aromatic rings. The first-order chi connectivity index (χ1) is 15.1. The molecule has 0 saturated heterocycles. The van der Waals surface area contributed by atoms with Crippen LogP contribution in [0.5, 0.6) is 0 Å². The van der Waals surface area contributed by atoms with E-state index in [1.807, 2.05) is 0 Å². The van der Waals surface area contributed by atoms with Gasteiger partial charge in [0.2, 0.25) is 5.36 Å². The van der Waals surface area contributed by atoms with Crippen LogP contribution in [0, 0.1) is 6.92 Å². The Morgan fingerprint density at radius 1 is 0.806 bits per heavy atom. The summed E-state index contributed by atoms with van der Waals surface area (Å²) in [6.07, 6.45) is 5.99. The third-order valence-electron chi connectivity index (χ3n) is 7.78. The molecule has 0 N–H and O–H groups in total. The maximum Gasteiger partial charge on any atom is 0.203 e. The van der Waals surface area contributed by atoms with Crippen molar-refractivity contribution in [1.29, 1.82) is 0 Å². The maximum atomic E-state index is 2.45. The van der Waals surface area contributed by atoms with Crippen LogP contribution in [0.2, 0.25) is 0 Å². The largest absolute Gasteiger partial charge is 0.374 e. The minimum Gasteiger partial charge on any atom is -0.374 e. The Hall–Kier alpha value is -2.87. The van der Waals surface area contributed by atoms with E-state index in [0.717, 1.165) is 19.5 Å². The lowest BCUT2D eigenvalue weighted by molar-refractivity contribution is 0.584. The number of anilines is 1. The third kappa shape index (κ3) is 2.81. The number of benzene rings is 3. The highest BCUT2D eigenvalue weighted by Gasteiger charge is 2.28. The van der Waals surface area contributed by atoms with Gasteiger partial charge in [-0.25, -0.2) is 4.58 Å². The number of hydrogen-bond acceptors (Lipinski definition) is 1. The molecule has 0 amide bonds. The highest BCUT2D eigenvalue weighted by atomic mass is 15.1. The Bertz CT molecular complexity index is 1350. The van der Waals surface area contributed by atoms with Crippen LogP contribution in [-0.4, -0.2) is 27.2 Å². The first-order valence-corrected chi connectivity index (χ1v) is 11.8. The molecule has 0 unspecified atom stereocenters. The van der Waals surface area contributed by atoms with Gasteiger partial charge in [-0.05, 0) is 88.9 Å². The lowest BCUT2D eigenvalue weighted by Crippen LogP contribution is -2.39. The molecule has 2 nitrogen and oxygen atoms in total. The molecule has 0 radical (unpaired) electrons. The van der Waals surface area contributed by atoms with Crippen LogP contribution < -0.4 is 20.1 Å². The van der Waals surface area contributed by atoms with Crippen LogP contribution in [0.15, 0.2) is 48.5 Å². The minimum absolute atomic E-state index is 1.08. The molecule has 2 heterocycles. The molecule has 31 heavy (non-hydrogen) atoms. The van der Waals surface area contributed by atoms with Crippen LogP contribution >= 0.6 is 0 Å². The third-order valence-corrected chi connectivity index (χ3v) is 7.78. The molecule has 0 saturated carbocycles. The molecule has 3 aliphatic rings. The van der Waals surface area contributed by atoms with E-state index in [0.29, 0.717) is 0 Å². The zero-order valence-electron chi connectivity index (χ0n) is 19.0. The van der Waals surface area contributed by atoms with Gasteiger partial charge in [-0.3, -0.25) is 0 Å². The normalized spacial score (nSPS) is 17.1. The molecule has 0 bridgehead atoms. The molecule has 0 aromatic heterocycles. The highest BCUT2D eigenvalue weighted by Crippen LogP contribution is 2.39. The highest BCUT2D eigenvalue weighted by molar-refractivity contribution is 5.87. The Kier molecular flexibility index (Phi) is 4.31. The van der Waals surface area contributed by atoms with Gasteiger partial charge in [0.05, 0.1) is 0 Å². The van der Waals surface area contributed by atoms with Gasteiger partial charge in [0, 0.05) is 37.3 Å². The molecular weight excluding hydrogens is 376 g/mol. The summed E-state index contributed by atoms with van der Waals surface area (Å²) in [5, 5.41) is 2.90. The zero-order chi connectivity index (χ0) is 21.1. The number of rotatable bonds is 1. The van der Waals surface area contributed by atoms with Crippen molar-refractivity contribution in [1.82, 2.24) is 4.58 Å². The quantitative estimate of drug-likeness (QED) is 0.437. The van der Waals surface area contributed by atoms with Crippen molar-refractivity contribution in [3.63, 3.8) is 0 Å². The van der Waals surface area contributed by atoms with E-state index in [2.05, 4.69) is 79.0 Å². The minimum atomic E-state index is 1.08. The van der Waals surface area contributed by atoms with Gasteiger partial charge >= 0.3 is 0 Å². The SMILES string of the molecule is Cc1ccccc1C1=c2ccc3c(c2Cc2c1ccc1c2CCCN1C)CCC[N+]=3C. The lowest BCUT2D eigenvalue weighted by Gasteiger charge is -2.33. The average Bonchev–Trinajstić information content (AvgIpc) is 2.78. The monoisotopic (exact) mass is 407 g/mol. The summed E-state index contributed by atoms with van der Waals surface area (Å²) >= 11 is 0. The summed E-state index contributed by atoms with van der Waals surface area (Å²) < 4.78 is 2.45. The zero-order valence-corrected chi connectivity index (χ0v) is 19.0. The summed E-state index contributed by atoms with van der Waals surface area (Å²) in [6, 6.07) is 18.5. The molecule has 0 atom stereocenters. The van der Waals surface area contributed by atoms with Crippen molar-refractivity contribution in [2.24, 2.45) is 0 Å². The fourth-order valence-corrected chi connectivity index (χ4v) is 6.20. The number of fused-ring (bicyclic) bond motifs is 6. The average molecular weight is 408 g/mol. The summed E-state index contributed by atoms with van der Waals surface area (Å²) in [7, 11) is 4.51. The molecule has 2 heteroatoms. The summed E-state index contributed by atoms with van der Waals surface area (Å²) in [4.78, 5) is 2.45. The molecular formula is C29H31N2+. The van der Waals surface area contributed by atoms with Crippen LogP contribution in [0.3, 0.4) is 0 Å². The van der Waals surface area contributed by atoms with E-state index in [-0.39, 0.29) is 0 Å². The summed E-state index contributed by atoms with van der Waals surface area (Å²) in [6.45, 7) is 4.59. The summed E-state index contributed by atoms with van der Waals surface area (Å²) in [5.41, 5.74) is 13.4. The first-order valence-electron chi connectivity index (χ1n) is 11.8. The molecule has 0 spiro atoms. The molecule has 1 aliphatic carbocycles. The van der Waals surface area contributed by atoms with Crippen molar-refractivity contribution in [2.75, 3.05) is 32.1 Å². The second-order valence-corrected chi connectivity index (χ2v) is 9.60. The van der Waals surface area contributed by atoms with E-state index in [9.17, 15) is 0 Å². The van der Waals surface area contributed by atoms with Crippen LogP contribution in [0.25, 0.3) is 5.57 Å². The molecule has 156 valence electrons. The van der Waals surface area contributed by atoms with Gasteiger partial charge in [0.15, 0.2) is 0 Å². The standard InChI is InChI=1S/C29H31N2/c1-19-8-4-5-9-20(19)29-23-12-14-27-21(10-6-16-30(27)2)25(23)18-26-22-11-7-17-31(3)28(22)15-13-24(26)29/h4-5,8-9,12-15H,6-7,10-11,16-18H2,1-3H3/q+1. The molecule has 2 aliphatic heterocycles. The smallest absolute Gasteiger partial charge is 0.203 e. The predicted molar refractivity (Wildman–Crippen MR) is 130 cm³/mol. The van der Waals surface area contributed by atoms with E-state index in [1.165, 1.54) is 64.2 Å². The maximum absolute atomic E-state index is 2.45. The van der Waals surface area contributed by atoms with Crippen molar-refractivity contribution in [3.8, 4) is 0 Å². The van der Waals surface area contributed by atoms with Gasteiger partial charge in [-0.2, -0.15) is 0 Å². The second-order valence-electron chi connectivity index (χ2n) is 9.60. The molecule has 0 fully saturated rings. The van der Waals surface area contributed by atoms with E-state index < -0.39 is 0 Å². The molecule has 3 aromatic carbocycles. The molecule has 6 rings (SSSR count). The Balaban J connectivity index is 1.75. The van der Waals surface area contributed by atoms with Crippen molar-refractivity contribution in [2.45, 2.75) is 39.0 Å². The lowest BCUT2D eigenvalue weighted by atomic mass is 9.77. The fourth-order valence-electron chi connectivity index (χ4n) is 6.20. The summed E-state index contributed by atoms with van der Waals surface area (Å²) in [5.74, 6) is 0. The number of aryl methyl sites for hydroxylation is 1. The fraction of sp³-hybridized carbons (Fsp3) is 0.345. The van der Waals surface area contributed by atoms with E-state index >= 15 is 0 Å². The number of hydrogen-bond donors (Lipinski definition) is 0. The Morgan fingerprint density at radius 3 is 2.52 bits per heavy atom. The van der Waals surface area contributed by atoms with E-state index in [1.54, 1.807) is 22.3 Å². The van der Waals surface area contributed by atoms with Crippen LogP contribution in [0.4, 0.5) is 5.69 Å². The first kappa shape index (κ1) is 18.9. The van der Waals surface area contributed by atoms with Crippen LogP contribution in [0.1, 0.15) is 51.8 Å². The second kappa shape index (κ2) is 7.09.